The second kappa shape index (κ2) is 6.60. The van der Waals surface area contributed by atoms with Gasteiger partial charge in [-0.2, -0.15) is 5.10 Å². The number of hydrogen-bond acceptors (Lipinski definition) is 4. The molecule has 6 nitrogen and oxygen atoms in total. The molecule has 2 aromatic heterocycles. The lowest BCUT2D eigenvalue weighted by Gasteiger charge is -2.08. The topological polar surface area (TPSA) is 90.0 Å². The highest BCUT2D eigenvalue weighted by Gasteiger charge is 2.30. The number of primary amides is 1. The minimum atomic E-state index is -0.482. The molecule has 142 valence electrons. The number of amides is 2. The zero-order valence-corrected chi connectivity index (χ0v) is 16.1. The fourth-order valence-corrected chi connectivity index (χ4v) is 5.12. The molecule has 0 radical (unpaired) electrons. The van der Waals surface area contributed by atoms with Crippen molar-refractivity contribution in [1.82, 2.24) is 9.78 Å². The number of nitrogens with two attached hydrogens (primary N) is 1. The first-order chi connectivity index (χ1) is 13.6. The van der Waals surface area contributed by atoms with Crippen LogP contribution in [0.1, 0.15) is 62.2 Å². The van der Waals surface area contributed by atoms with E-state index in [0.29, 0.717) is 22.2 Å². The van der Waals surface area contributed by atoms with Crippen LogP contribution in [0.5, 0.6) is 0 Å². The SMILES string of the molecule is NC(=O)c1c(NC(=O)c2cc(C3CC3)nn2-c2ccccc2)sc2c1CCC2. The van der Waals surface area contributed by atoms with Gasteiger partial charge in [-0.15, -0.1) is 11.3 Å². The first-order valence-corrected chi connectivity index (χ1v) is 10.3. The zero-order valence-electron chi connectivity index (χ0n) is 15.3. The Bertz CT molecular complexity index is 1080. The molecule has 7 heteroatoms. The van der Waals surface area contributed by atoms with Crippen LogP contribution in [-0.2, 0) is 12.8 Å². The molecule has 0 unspecified atom stereocenters. The van der Waals surface area contributed by atoms with Gasteiger partial charge in [-0.25, -0.2) is 4.68 Å². The molecule has 0 bridgehead atoms. The highest BCUT2D eigenvalue weighted by Crippen LogP contribution is 2.41. The fourth-order valence-electron chi connectivity index (χ4n) is 3.83. The number of fused-ring (bicyclic) bond motifs is 1. The fraction of sp³-hybridized carbons (Fsp3) is 0.286. The summed E-state index contributed by atoms with van der Waals surface area (Å²) in [6.07, 6.45) is 5.02. The second-order valence-corrected chi connectivity index (χ2v) is 8.46. The van der Waals surface area contributed by atoms with E-state index < -0.39 is 5.91 Å². The third-order valence-electron chi connectivity index (χ3n) is 5.35. The lowest BCUT2D eigenvalue weighted by Crippen LogP contribution is -2.20. The van der Waals surface area contributed by atoms with Crippen molar-refractivity contribution in [2.75, 3.05) is 5.32 Å². The van der Waals surface area contributed by atoms with Gasteiger partial charge in [-0.3, -0.25) is 9.59 Å². The third-order valence-corrected chi connectivity index (χ3v) is 6.56. The molecule has 3 aromatic rings. The molecule has 0 saturated heterocycles. The van der Waals surface area contributed by atoms with E-state index in [9.17, 15) is 9.59 Å². The number of hydrogen-bond donors (Lipinski definition) is 2. The van der Waals surface area contributed by atoms with Crippen LogP contribution in [-0.4, -0.2) is 21.6 Å². The van der Waals surface area contributed by atoms with Gasteiger partial charge in [0.05, 0.1) is 16.9 Å². The maximum atomic E-state index is 13.1. The van der Waals surface area contributed by atoms with E-state index >= 15 is 0 Å². The minimum absolute atomic E-state index is 0.273. The van der Waals surface area contributed by atoms with E-state index in [1.165, 1.54) is 11.3 Å². The van der Waals surface area contributed by atoms with E-state index in [4.69, 9.17) is 5.73 Å². The Morgan fingerprint density at radius 2 is 1.96 bits per heavy atom. The van der Waals surface area contributed by atoms with Gasteiger partial charge >= 0.3 is 0 Å². The van der Waals surface area contributed by atoms with Crippen molar-refractivity contribution in [1.29, 1.82) is 0 Å². The summed E-state index contributed by atoms with van der Waals surface area (Å²) in [4.78, 5) is 26.3. The molecule has 5 rings (SSSR count). The molecule has 1 saturated carbocycles. The van der Waals surface area contributed by atoms with Crippen LogP contribution in [0.4, 0.5) is 5.00 Å². The second-order valence-electron chi connectivity index (χ2n) is 7.36. The number of rotatable bonds is 5. The average molecular weight is 392 g/mol. The number of nitrogens with zero attached hydrogens (tertiary/aromatic N) is 2. The van der Waals surface area contributed by atoms with Crippen molar-refractivity contribution in [2.45, 2.75) is 38.0 Å². The number of thiophene rings is 1. The lowest BCUT2D eigenvalue weighted by molar-refractivity contribution is 0.100. The van der Waals surface area contributed by atoms with Crippen LogP contribution in [0.3, 0.4) is 0 Å². The number of carbonyl (C=O) groups excluding carboxylic acids is 2. The van der Waals surface area contributed by atoms with Crippen LogP contribution >= 0.6 is 11.3 Å². The third kappa shape index (κ3) is 2.92. The van der Waals surface area contributed by atoms with E-state index in [-0.39, 0.29) is 5.91 Å². The van der Waals surface area contributed by atoms with E-state index in [2.05, 4.69) is 10.4 Å². The molecule has 0 spiro atoms. The number of aryl methyl sites for hydroxylation is 1. The number of benzene rings is 1. The predicted octanol–water partition coefficient (Wildman–Crippen LogP) is 3.65. The summed E-state index contributed by atoms with van der Waals surface area (Å²) in [6, 6.07) is 11.5. The first-order valence-electron chi connectivity index (χ1n) is 9.53. The predicted molar refractivity (Wildman–Crippen MR) is 108 cm³/mol. The normalized spacial score (nSPS) is 15.4. The molecule has 3 N–H and O–H groups in total. The molecule has 0 aliphatic heterocycles. The van der Waals surface area contributed by atoms with Crippen molar-refractivity contribution < 1.29 is 9.59 Å². The minimum Gasteiger partial charge on any atom is -0.365 e. The van der Waals surface area contributed by atoms with Crippen LogP contribution in [0.2, 0.25) is 0 Å². The van der Waals surface area contributed by atoms with Gasteiger partial charge in [-0.05, 0) is 55.9 Å². The largest absolute Gasteiger partial charge is 0.365 e. The maximum Gasteiger partial charge on any atom is 0.275 e. The standard InChI is InChI=1S/C21H20N4O2S/c22-19(26)18-14-7-4-8-17(14)28-21(18)23-20(27)16-11-15(12-9-10-12)24-25(16)13-5-2-1-3-6-13/h1-3,5-6,11-12H,4,7-10H2,(H2,22,26)(H,23,27). The summed E-state index contributed by atoms with van der Waals surface area (Å²) in [6.45, 7) is 0. The van der Waals surface area contributed by atoms with Gasteiger partial charge in [0.1, 0.15) is 10.7 Å². The highest BCUT2D eigenvalue weighted by molar-refractivity contribution is 7.17. The van der Waals surface area contributed by atoms with Crippen molar-refractivity contribution in [3.8, 4) is 5.69 Å². The van der Waals surface area contributed by atoms with Crippen molar-refractivity contribution >= 4 is 28.2 Å². The molecular formula is C21H20N4O2S. The number of para-hydroxylation sites is 1. The van der Waals surface area contributed by atoms with Gasteiger partial charge in [0, 0.05) is 10.8 Å². The number of anilines is 1. The number of carbonyl (C=O) groups is 2. The Balaban J connectivity index is 1.52. The molecule has 1 aromatic carbocycles. The average Bonchev–Trinajstić information content (AvgIpc) is 3.12. The quantitative estimate of drug-likeness (QED) is 0.694. The summed E-state index contributed by atoms with van der Waals surface area (Å²) in [5.41, 5.74) is 9.34. The van der Waals surface area contributed by atoms with Crippen LogP contribution in [0.15, 0.2) is 36.4 Å². The molecule has 2 heterocycles. The van der Waals surface area contributed by atoms with E-state index in [1.807, 2.05) is 36.4 Å². The van der Waals surface area contributed by atoms with Gasteiger partial charge in [0.25, 0.3) is 11.8 Å². The Morgan fingerprint density at radius 3 is 2.68 bits per heavy atom. The molecule has 2 aliphatic rings. The Labute approximate surface area is 166 Å². The van der Waals surface area contributed by atoms with Gasteiger partial charge in [-0.1, -0.05) is 18.2 Å². The van der Waals surface area contributed by atoms with Crippen LogP contribution in [0.25, 0.3) is 5.69 Å². The Morgan fingerprint density at radius 1 is 1.18 bits per heavy atom. The smallest absolute Gasteiger partial charge is 0.275 e. The summed E-state index contributed by atoms with van der Waals surface area (Å²) < 4.78 is 1.69. The van der Waals surface area contributed by atoms with Gasteiger partial charge < -0.3 is 11.1 Å². The molecular weight excluding hydrogens is 372 g/mol. The van der Waals surface area contributed by atoms with Crippen LogP contribution in [0, 0.1) is 0 Å². The number of aromatic nitrogens is 2. The van der Waals surface area contributed by atoms with Crippen LogP contribution < -0.4 is 11.1 Å². The van der Waals surface area contributed by atoms with Crippen molar-refractivity contribution in [3.63, 3.8) is 0 Å². The Kier molecular flexibility index (Phi) is 4.05. The van der Waals surface area contributed by atoms with Gasteiger partial charge in [0.2, 0.25) is 0 Å². The monoisotopic (exact) mass is 392 g/mol. The maximum absolute atomic E-state index is 13.1. The molecule has 1 fully saturated rings. The molecule has 2 amide bonds. The van der Waals surface area contributed by atoms with Gasteiger partial charge in [0.15, 0.2) is 0 Å². The van der Waals surface area contributed by atoms with E-state index in [1.54, 1.807) is 4.68 Å². The highest BCUT2D eigenvalue weighted by atomic mass is 32.1. The zero-order chi connectivity index (χ0) is 19.3. The molecule has 0 atom stereocenters. The van der Waals surface area contributed by atoms with Crippen molar-refractivity contribution in [2.24, 2.45) is 5.73 Å². The van der Waals surface area contributed by atoms with Crippen molar-refractivity contribution in [3.05, 3.63) is 63.8 Å². The lowest BCUT2D eigenvalue weighted by atomic mass is 10.1. The first kappa shape index (κ1) is 17.2. The summed E-state index contributed by atoms with van der Waals surface area (Å²) in [7, 11) is 0. The molecule has 2 aliphatic carbocycles. The Hall–Kier alpha value is -2.93. The number of nitrogens with one attached hydrogen (secondary N) is 1. The summed E-state index contributed by atoms with van der Waals surface area (Å²) >= 11 is 1.46. The summed E-state index contributed by atoms with van der Waals surface area (Å²) in [5.74, 6) is -0.321. The van der Waals surface area contributed by atoms with E-state index in [0.717, 1.165) is 53.9 Å². The molecule has 28 heavy (non-hydrogen) atoms. The summed E-state index contributed by atoms with van der Waals surface area (Å²) in [5, 5.41) is 8.17.